The zero-order valence-electron chi connectivity index (χ0n) is 12.4. The Morgan fingerprint density at radius 3 is 2.86 bits per heavy atom. The van der Waals surface area contributed by atoms with Gasteiger partial charge in [-0.05, 0) is 12.1 Å². The number of nitrogens with zero attached hydrogens (tertiary/aromatic N) is 3. The number of hydrogen-bond acceptors (Lipinski definition) is 6. The summed E-state index contributed by atoms with van der Waals surface area (Å²) in [6.45, 7) is 4.93. The van der Waals surface area contributed by atoms with Gasteiger partial charge in [0.05, 0.1) is 5.56 Å². The zero-order chi connectivity index (χ0) is 15.4. The van der Waals surface area contributed by atoms with Gasteiger partial charge in [-0.2, -0.15) is 4.98 Å². The van der Waals surface area contributed by atoms with Crippen LogP contribution in [0.4, 0.5) is 0 Å². The predicted molar refractivity (Wildman–Crippen MR) is 78.6 cm³/mol. The van der Waals surface area contributed by atoms with Crippen molar-refractivity contribution in [2.45, 2.75) is 13.5 Å². The molecular weight excluding hydrogens is 284 g/mol. The second kappa shape index (κ2) is 6.57. The van der Waals surface area contributed by atoms with Crippen molar-refractivity contribution in [2.24, 2.45) is 0 Å². The van der Waals surface area contributed by atoms with E-state index in [2.05, 4.69) is 15.5 Å². The Morgan fingerprint density at radius 1 is 1.36 bits per heavy atom. The number of piperazine rings is 1. The monoisotopic (exact) mass is 302 g/mol. The first-order valence-corrected chi connectivity index (χ1v) is 7.25. The Kier molecular flexibility index (Phi) is 4.34. The van der Waals surface area contributed by atoms with Crippen LogP contribution in [-0.4, -0.2) is 47.1 Å². The van der Waals surface area contributed by atoms with Crippen LogP contribution in [0.5, 0.6) is 5.75 Å². The van der Waals surface area contributed by atoms with E-state index in [1.807, 2.05) is 17.0 Å². The molecule has 22 heavy (non-hydrogen) atoms. The molecule has 1 N–H and O–H groups in total. The van der Waals surface area contributed by atoms with Crippen LogP contribution in [-0.2, 0) is 6.61 Å². The second-order valence-electron chi connectivity index (χ2n) is 5.06. The molecule has 0 bridgehead atoms. The van der Waals surface area contributed by atoms with Crippen molar-refractivity contribution in [2.75, 3.05) is 26.2 Å². The number of hydrogen-bond donors (Lipinski definition) is 1. The molecule has 0 atom stereocenters. The number of amides is 1. The van der Waals surface area contributed by atoms with Crippen LogP contribution < -0.4 is 10.1 Å². The molecule has 1 aromatic carbocycles. The minimum Gasteiger partial charge on any atom is -0.485 e. The molecule has 1 fully saturated rings. The number of nitrogens with one attached hydrogen (secondary N) is 1. The molecule has 0 saturated carbocycles. The molecule has 0 radical (unpaired) electrons. The Balaban J connectivity index is 1.72. The molecule has 116 valence electrons. The number of benzene rings is 1. The van der Waals surface area contributed by atoms with E-state index in [9.17, 15) is 4.79 Å². The molecule has 2 aromatic rings. The van der Waals surface area contributed by atoms with Crippen LogP contribution in [0.25, 0.3) is 0 Å². The van der Waals surface area contributed by atoms with Gasteiger partial charge in [0.1, 0.15) is 5.75 Å². The maximum absolute atomic E-state index is 12.6. The molecule has 1 aliphatic rings. The standard InChI is InChI=1S/C15H18N4O3/c1-11-17-14(18-22-11)10-21-13-5-3-2-4-12(13)15(20)19-8-6-16-7-9-19/h2-5,16H,6-10H2,1H3. The lowest BCUT2D eigenvalue weighted by Crippen LogP contribution is -2.46. The summed E-state index contributed by atoms with van der Waals surface area (Å²) in [6, 6.07) is 7.23. The lowest BCUT2D eigenvalue weighted by atomic mass is 10.1. The molecule has 0 aliphatic carbocycles. The Morgan fingerprint density at radius 2 is 2.14 bits per heavy atom. The van der Waals surface area contributed by atoms with Crippen molar-refractivity contribution in [1.82, 2.24) is 20.4 Å². The fraction of sp³-hybridized carbons (Fsp3) is 0.400. The molecule has 1 amide bonds. The lowest BCUT2D eigenvalue weighted by molar-refractivity contribution is 0.0730. The van der Waals surface area contributed by atoms with Crippen LogP contribution in [0, 0.1) is 6.92 Å². The first kappa shape index (κ1) is 14.5. The van der Waals surface area contributed by atoms with E-state index in [1.165, 1.54) is 0 Å². The Labute approximate surface area is 128 Å². The van der Waals surface area contributed by atoms with Gasteiger partial charge in [0.15, 0.2) is 6.61 Å². The number of para-hydroxylation sites is 1. The van der Waals surface area contributed by atoms with Crippen molar-refractivity contribution in [3.63, 3.8) is 0 Å². The zero-order valence-corrected chi connectivity index (χ0v) is 12.4. The summed E-state index contributed by atoms with van der Waals surface area (Å²) >= 11 is 0. The second-order valence-corrected chi connectivity index (χ2v) is 5.06. The van der Waals surface area contributed by atoms with Gasteiger partial charge in [-0.1, -0.05) is 17.3 Å². The van der Waals surface area contributed by atoms with Crippen LogP contribution in [0.1, 0.15) is 22.1 Å². The van der Waals surface area contributed by atoms with E-state index < -0.39 is 0 Å². The van der Waals surface area contributed by atoms with Gasteiger partial charge in [0.2, 0.25) is 11.7 Å². The highest BCUT2D eigenvalue weighted by Gasteiger charge is 2.21. The Bertz CT molecular complexity index is 650. The minimum atomic E-state index is -0.0126. The quantitative estimate of drug-likeness (QED) is 0.907. The van der Waals surface area contributed by atoms with Crippen LogP contribution in [0.15, 0.2) is 28.8 Å². The first-order valence-electron chi connectivity index (χ1n) is 7.25. The van der Waals surface area contributed by atoms with Gasteiger partial charge in [-0.3, -0.25) is 4.79 Å². The predicted octanol–water partition coefficient (Wildman–Crippen LogP) is 1.00. The molecular formula is C15H18N4O3. The minimum absolute atomic E-state index is 0.0126. The molecule has 7 nitrogen and oxygen atoms in total. The number of carbonyl (C=O) groups excluding carboxylic acids is 1. The first-order chi connectivity index (χ1) is 10.7. The maximum atomic E-state index is 12.6. The molecule has 2 heterocycles. The number of aryl methyl sites for hydroxylation is 1. The summed E-state index contributed by atoms with van der Waals surface area (Å²) in [5.41, 5.74) is 0.560. The van der Waals surface area contributed by atoms with E-state index in [0.717, 1.165) is 13.1 Å². The number of ether oxygens (including phenoxy) is 1. The smallest absolute Gasteiger partial charge is 0.257 e. The number of rotatable bonds is 4. The highest BCUT2D eigenvalue weighted by molar-refractivity contribution is 5.97. The molecule has 0 spiro atoms. The van der Waals surface area contributed by atoms with Crippen molar-refractivity contribution < 1.29 is 14.1 Å². The average Bonchev–Trinajstić information content (AvgIpc) is 2.99. The van der Waals surface area contributed by atoms with E-state index in [-0.39, 0.29) is 12.5 Å². The fourth-order valence-corrected chi connectivity index (χ4v) is 2.35. The van der Waals surface area contributed by atoms with Crippen LogP contribution >= 0.6 is 0 Å². The van der Waals surface area contributed by atoms with Crippen molar-refractivity contribution in [1.29, 1.82) is 0 Å². The summed E-state index contributed by atoms with van der Waals surface area (Å²) in [5, 5.41) is 7.01. The van der Waals surface area contributed by atoms with Gasteiger partial charge in [-0.15, -0.1) is 0 Å². The van der Waals surface area contributed by atoms with Crippen molar-refractivity contribution in [3.8, 4) is 5.75 Å². The maximum Gasteiger partial charge on any atom is 0.257 e. The van der Waals surface area contributed by atoms with E-state index in [1.54, 1.807) is 19.1 Å². The molecule has 0 unspecified atom stereocenters. The third-order valence-corrected chi connectivity index (χ3v) is 3.45. The van der Waals surface area contributed by atoms with Crippen LogP contribution in [0.3, 0.4) is 0 Å². The number of aromatic nitrogens is 2. The van der Waals surface area contributed by atoms with Gasteiger partial charge in [0.25, 0.3) is 5.91 Å². The summed E-state index contributed by atoms with van der Waals surface area (Å²) in [5.74, 6) is 1.47. The molecule has 1 aromatic heterocycles. The van der Waals surface area contributed by atoms with Gasteiger partial charge < -0.3 is 19.5 Å². The van der Waals surface area contributed by atoms with Crippen molar-refractivity contribution in [3.05, 3.63) is 41.5 Å². The third kappa shape index (κ3) is 3.25. The average molecular weight is 302 g/mol. The SMILES string of the molecule is Cc1nc(COc2ccccc2C(=O)N2CCNCC2)no1. The lowest BCUT2D eigenvalue weighted by Gasteiger charge is -2.28. The van der Waals surface area contributed by atoms with E-state index in [0.29, 0.717) is 36.1 Å². The van der Waals surface area contributed by atoms with E-state index >= 15 is 0 Å². The molecule has 1 aliphatic heterocycles. The summed E-state index contributed by atoms with van der Waals surface area (Å²) < 4.78 is 10.6. The highest BCUT2D eigenvalue weighted by atomic mass is 16.5. The summed E-state index contributed by atoms with van der Waals surface area (Å²) in [6.07, 6.45) is 0. The highest BCUT2D eigenvalue weighted by Crippen LogP contribution is 2.21. The van der Waals surface area contributed by atoms with Gasteiger partial charge in [0, 0.05) is 33.1 Å². The summed E-state index contributed by atoms with van der Waals surface area (Å²) in [7, 11) is 0. The molecule has 1 saturated heterocycles. The Hall–Kier alpha value is -2.41. The van der Waals surface area contributed by atoms with Gasteiger partial charge >= 0.3 is 0 Å². The van der Waals surface area contributed by atoms with Crippen molar-refractivity contribution >= 4 is 5.91 Å². The third-order valence-electron chi connectivity index (χ3n) is 3.45. The van der Waals surface area contributed by atoms with E-state index in [4.69, 9.17) is 9.26 Å². The molecule has 7 heteroatoms. The fourth-order valence-electron chi connectivity index (χ4n) is 2.35. The number of carbonyl (C=O) groups is 1. The largest absolute Gasteiger partial charge is 0.485 e. The van der Waals surface area contributed by atoms with Gasteiger partial charge in [-0.25, -0.2) is 0 Å². The summed E-state index contributed by atoms with van der Waals surface area (Å²) in [4.78, 5) is 18.5. The van der Waals surface area contributed by atoms with Crippen LogP contribution in [0.2, 0.25) is 0 Å². The normalized spacial score (nSPS) is 14.9. The topological polar surface area (TPSA) is 80.5 Å². The molecule has 3 rings (SSSR count).